The number of hydrogen-bond acceptors (Lipinski definition) is 5. The van der Waals surface area contributed by atoms with Crippen LogP contribution in [0.15, 0.2) is 54.2 Å². The summed E-state index contributed by atoms with van der Waals surface area (Å²) < 4.78 is 5.05. The van der Waals surface area contributed by atoms with E-state index in [9.17, 15) is 14.9 Å². The van der Waals surface area contributed by atoms with Crippen LogP contribution in [0.4, 0.5) is 17.1 Å². The highest BCUT2D eigenvalue weighted by Gasteiger charge is 2.16. The van der Waals surface area contributed by atoms with Gasteiger partial charge in [-0.1, -0.05) is 11.6 Å². The highest BCUT2D eigenvalue weighted by molar-refractivity contribution is 6.32. The molecule has 138 valence electrons. The number of rotatable bonds is 5. The SMILES string of the molecule is COc1ccc(NC(=O)/C(C#N)=C\N(C(C)=O)c2ccc(N)cc2)cc1Cl. The van der Waals surface area contributed by atoms with Gasteiger partial charge in [-0.05, 0) is 42.5 Å². The predicted octanol–water partition coefficient (Wildman–Crippen LogP) is 3.33. The number of carbonyl (C=O) groups is 2. The van der Waals surface area contributed by atoms with Crippen molar-refractivity contribution in [2.75, 3.05) is 23.1 Å². The molecule has 0 fully saturated rings. The van der Waals surface area contributed by atoms with Crippen molar-refractivity contribution >= 4 is 40.5 Å². The number of benzene rings is 2. The fourth-order valence-corrected chi connectivity index (χ4v) is 2.45. The number of anilines is 3. The Kier molecular flexibility index (Phi) is 6.41. The first kappa shape index (κ1) is 19.8. The van der Waals surface area contributed by atoms with Crippen LogP contribution in [0.25, 0.3) is 0 Å². The van der Waals surface area contributed by atoms with E-state index in [2.05, 4.69) is 5.32 Å². The van der Waals surface area contributed by atoms with Gasteiger partial charge in [-0.3, -0.25) is 14.5 Å². The molecule has 0 unspecified atom stereocenters. The molecule has 0 spiro atoms. The van der Waals surface area contributed by atoms with E-state index in [1.54, 1.807) is 42.5 Å². The lowest BCUT2D eigenvalue weighted by molar-refractivity contribution is -0.116. The molecule has 2 rings (SSSR count). The van der Waals surface area contributed by atoms with Gasteiger partial charge in [0, 0.05) is 30.2 Å². The Morgan fingerprint density at radius 2 is 1.93 bits per heavy atom. The molecule has 7 nitrogen and oxygen atoms in total. The van der Waals surface area contributed by atoms with E-state index in [1.807, 2.05) is 0 Å². The van der Waals surface area contributed by atoms with Gasteiger partial charge in [-0.15, -0.1) is 0 Å². The minimum absolute atomic E-state index is 0.256. The van der Waals surface area contributed by atoms with Gasteiger partial charge in [0.15, 0.2) is 0 Å². The van der Waals surface area contributed by atoms with Crippen LogP contribution in [0, 0.1) is 11.3 Å². The molecule has 2 amide bonds. The second kappa shape index (κ2) is 8.74. The molecule has 0 aromatic heterocycles. The minimum Gasteiger partial charge on any atom is -0.495 e. The number of nitrogens with two attached hydrogens (primary N) is 1. The topological polar surface area (TPSA) is 108 Å². The van der Waals surface area contributed by atoms with Gasteiger partial charge in [0.2, 0.25) is 5.91 Å². The lowest BCUT2D eigenvalue weighted by atomic mass is 10.2. The fraction of sp³-hybridized carbons (Fsp3) is 0.105. The first-order chi connectivity index (χ1) is 12.8. The van der Waals surface area contributed by atoms with Crippen molar-refractivity contribution in [2.24, 2.45) is 0 Å². The minimum atomic E-state index is -0.680. The van der Waals surface area contributed by atoms with Crippen molar-refractivity contribution in [2.45, 2.75) is 6.92 Å². The van der Waals surface area contributed by atoms with E-state index >= 15 is 0 Å². The molecule has 2 aromatic carbocycles. The van der Waals surface area contributed by atoms with E-state index in [0.717, 1.165) is 0 Å². The zero-order chi connectivity index (χ0) is 20.0. The summed E-state index contributed by atoms with van der Waals surface area (Å²) in [6, 6.07) is 12.9. The number of nitrogen functional groups attached to an aromatic ring is 1. The fourth-order valence-electron chi connectivity index (χ4n) is 2.19. The van der Waals surface area contributed by atoms with Gasteiger partial charge in [-0.25, -0.2) is 0 Å². The average molecular weight is 385 g/mol. The Bertz CT molecular complexity index is 933. The third kappa shape index (κ3) is 5.00. The van der Waals surface area contributed by atoms with Gasteiger partial charge >= 0.3 is 0 Å². The summed E-state index contributed by atoms with van der Waals surface area (Å²) in [6.45, 7) is 1.32. The van der Waals surface area contributed by atoms with Crippen LogP contribution < -0.4 is 20.7 Å². The number of nitriles is 1. The highest BCUT2D eigenvalue weighted by atomic mass is 35.5. The smallest absolute Gasteiger partial charge is 0.267 e. The van der Waals surface area contributed by atoms with Crippen molar-refractivity contribution in [1.82, 2.24) is 0 Å². The number of hydrogen-bond donors (Lipinski definition) is 2. The molecule has 0 radical (unpaired) electrons. The molecule has 0 aliphatic heterocycles. The Labute approximate surface area is 161 Å². The standard InChI is InChI=1S/C19H17ClN4O3/c1-12(25)24(16-6-3-14(22)4-7-16)11-13(10-21)19(26)23-15-5-8-18(27-2)17(20)9-15/h3-9,11H,22H2,1-2H3,(H,23,26)/b13-11-. The lowest BCUT2D eigenvalue weighted by Crippen LogP contribution is -2.25. The molecule has 0 aliphatic carbocycles. The Morgan fingerprint density at radius 3 is 2.44 bits per heavy atom. The molecule has 0 bridgehead atoms. The second-order valence-electron chi connectivity index (χ2n) is 5.44. The molecule has 2 aromatic rings. The van der Waals surface area contributed by atoms with Crippen molar-refractivity contribution in [3.8, 4) is 11.8 Å². The largest absolute Gasteiger partial charge is 0.495 e. The van der Waals surface area contributed by atoms with Gasteiger partial charge in [0.1, 0.15) is 17.4 Å². The van der Waals surface area contributed by atoms with E-state index in [-0.39, 0.29) is 11.5 Å². The van der Waals surface area contributed by atoms with Gasteiger partial charge in [-0.2, -0.15) is 5.26 Å². The van der Waals surface area contributed by atoms with E-state index in [4.69, 9.17) is 22.1 Å². The molecule has 0 saturated carbocycles. The zero-order valence-corrected chi connectivity index (χ0v) is 15.4. The summed E-state index contributed by atoms with van der Waals surface area (Å²) in [5, 5.41) is 12.2. The number of nitrogens with zero attached hydrogens (tertiary/aromatic N) is 2. The van der Waals surface area contributed by atoms with Crippen LogP contribution in [0.5, 0.6) is 5.75 Å². The summed E-state index contributed by atoms with van der Waals surface area (Å²) in [6.07, 6.45) is 1.17. The van der Waals surface area contributed by atoms with Crippen LogP contribution in [-0.2, 0) is 9.59 Å². The second-order valence-corrected chi connectivity index (χ2v) is 5.85. The summed E-state index contributed by atoms with van der Waals surface area (Å²) in [4.78, 5) is 25.6. The van der Waals surface area contributed by atoms with Gasteiger partial charge in [0.05, 0.1) is 12.1 Å². The molecule has 0 heterocycles. The number of halogens is 1. The molecule has 8 heteroatoms. The molecular weight excluding hydrogens is 368 g/mol. The van der Waals surface area contributed by atoms with Crippen molar-refractivity contribution in [3.05, 3.63) is 59.3 Å². The van der Waals surface area contributed by atoms with Crippen molar-refractivity contribution in [3.63, 3.8) is 0 Å². The summed E-state index contributed by atoms with van der Waals surface area (Å²) >= 11 is 6.03. The maximum absolute atomic E-state index is 12.4. The van der Waals surface area contributed by atoms with E-state index < -0.39 is 5.91 Å². The lowest BCUT2D eigenvalue weighted by Gasteiger charge is -2.17. The van der Waals surface area contributed by atoms with Crippen molar-refractivity contribution < 1.29 is 14.3 Å². The third-order valence-corrected chi connectivity index (χ3v) is 3.84. The Morgan fingerprint density at radius 1 is 1.26 bits per heavy atom. The number of amides is 2. The number of carbonyl (C=O) groups excluding carboxylic acids is 2. The average Bonchev–Trinajstić information content (AvgIpc) is 2.63. The van der Waals surface area contributed by atoms with Crippen LogP contribution in [0.1, 0.15) is 6.92 Å². The molecule has 27 heavy (non-hydrogen) atoms. The maximum Gasteiger partial charge on any atom is 0.267 e. The number of ether oxygens (including phenoxy) is 1. The first-order valence-electron chi connectivity index (χ1n) is 7.78. The molecule has 0 saturated heterocycles. The monoisotopic (exact) mass is 384 g/mol. The van der Waals surface area contributed by atoms with Crippen LogP contribution >= 0.6 is 11.6 Å². The van der Waals surface area contributed by atoms with Gasteiger partial charge < -0.3 is 15.8 Å². The Hall–Kier alpha value is -3.50. The molecule has 0 atom stereocenters. The molecule has 0 aliphatic rings. The maximum atomic E-state index is 12.4. The third-order valence-electron chi connectivity index (χ3n) is 3.54. The highest BCUT2D eigenvalue weighted by Crippen LogP contribution is 2.27. The molecule has 3 N–H and O–H groups in total. The quantitative estimate of drug-likeness (QED) is 0.467. The number of nitrogens with one attached hydrogen (secondary N) is 1. The van der Waals surface area contributed by atoms with Crippen LogP contribution in [0.3, 0.4) is 0 Å². The molecular formula is C19H17ClN4O3. The predicted molar refractivity (Wildman–Crippen MR) is 104 cm³/mol. The normalized spacial score (nSPS) is 10.7. The first-order valence-corrected chi connectivity index (χ1v) is 8.15. The zero-order valence-electron chi connectivity index (χ0n) is 14.7. The van der Waals surface area contributed by atoms with E-state index in [1.165, 1.54) is 31.2 Å². The van der Waals surface area contributed by atoms with E-state index in [0.29, 0.717) is 27.8 Å². The summed E-state index contributed by atoms with van der Waals surface area (Å²) in [5.74, 6) is -0.593. The Balaban J connectivity index is 2.28. The summed E-state index contributed by atoms with van der Waals surface area (Å²) in [5.41, 5.74) is 6.78. The summed E-state index contributed by atoms with van der Waals surface area (Å²) in [7, 11) is 1.48. The van der Waals surface area contributed by atoms with Crippen molar-refractivity contribution in [1.29, 1.82) is 5.26 Å². The van der Waals surface area contributed by atoms with Crippen LogP contribution in [-0.4, -0.2) is 18.9 Å². The van der Waals surface area contributed by atoms with Crippen LogP contribution in [0.2, 0.25) is 5.02 Å². The number of methoxy groups -OCH3 is 1. The van der Waals surface area contributed by atoms with Gasteiger partial charge in [0.25, 0.3) is 5.91 Å².